The van der Waals surface area contributed by atoms with Crippen molar-refractivity contribution in [1.29, 1.82) is 0 Å². The van der Waals surface area contributed by atoms with Crippen LogP contribution in [0.1, 0.15) is 18.9 Å². The number of benzene rings is 1. The Hall–Kier alpha value is -1.39. The number of carbonyl (C=O) groups is 1. The summed E-state index contributed by atoms with van der Waals surface area (Å²) in [5.41, 5.74) is 0.633. The second-order valence-corrected chi connectivity index (χ2v) is 4.21. The summed E-state index contributed by atoms with van der Waals surface area (Å²) in [5.74, 6) is -0.805. The number of hydrogen-bond acceptors (Lipinski definition) is 2. The van der Waals surface area contributed by atoms with Gasteiger partial charge in [-0.15, -0.1) is 0 Å². The number of nitrogens with one attached hydrogen (secondary N) is 1. The second-order valence-electron chi connectivity index (χ2n) is 3.80. The van der Waals surface area contributed by atoms with E-state index in [2.05, 4.69) is 5.32 Å². The van der Waals surface area contributed by atoms with Gasteiger partial charge in [-0.1, -0.05) is 24.6 Å². The average Bonchev–Trinajstić information content (AvgIpc) is 2.37. The predicted molar refractivity (Wildman–Crippen MR) is 69.8 cm³/mol. The van der Waals surface area contributed by atoms with E-state index in [9.17, 15) is 9.18 Å². The third-order valence-electron chi connectivity index (χ3n) is 2.43. The fourth-order valence-corrected chi connectivity index (χ4v) is 1.50. The molecule has 0 aliphatic rings. The summed E-state index contributed by atoms with van der Waals surface area (Å²) in [6.45, 7) is 1.77. The van der Waals surface area contributed by atoms with Gasteiger partial charge in [0.15, 0.2) is 0 Å². The van der Waals surface area contributed by atoms with Crippen molar-refractivity contribution < 1.29 is 14.3 Å². The lowest BCUT2D eigenvalue weighted by Gasteiger charge is -2.11. The van der Waals surface area contributed by atoms with Crippen LogP contribution in [0.3, 0.4) is 0 Å². The number of aliphatic hydroxyl groups excluding tert-OH is 1. The van der Waals surface area contributed by atoms with E-state index in [0.717, 1.165) is 0 Å². The van der Waals surface area contributed by atoms with Crippen molar-refractivity contribution in [2.24, 2.45) is 0 Å². The summed E-state index contributed by atoms with van der Waals surface area (Å²) in [5, 5.41) is 11.6. The molecule has 3 nitrogen and oxygen atoms in total. The standard InChI is InChI=1S/C13H15ClFNO2/c1-2-10(8-17)16-13(18)6-4-9-3-5-12(15)11(14)7-9/h3-7,10,17H,2,8H2,1H3,(H,16,18)/b6-4+. The van der Waals surface area contributed by atoms with Crippen molar-refractivity contribution in [1.82, 2.24) is 5.32 Å². The normalized spacial score (nSPS) is 12.7. The quantitative estimate of drug-likeness (QED) is 0.808. The monoisotopic (exact) mass is 271 g/mol. The SMILES string of the molecule is CCC(CO)NC(=O)/C=C/c1ccc(F)c(Cl)c1. The van der Waals surface area contributed by atoms with E-state index in [0.29, 0.717) is 12.0 Å². The first-order valence-corrected chi connectivity index (χ1v) is 5.99. The van der Waals surface area contributed by atoms with Crippen molar-refractivity contribution in [3.05, 3.63) is 40.7 Å². The zero-order valence-corrected chi connectivity index (χ0v) is 10.7. The van der Waals surface area contributed by atoms with E-state index < -0.39 is 5.82 Å². The summed E-state index contributed by atoms with van der Waals surface area (Å²) in [6, 6.07) is 3.94. The smallest absolute Gasteiger partial charge is 0.244 e. The molecular weight excluding hydrogens is 257 g/mol. The highest BCUT2D eigenvalue weighted by atomic mass is 35.5. The van der Waals surface area contributed by atoms with Crippen molar-refractivity contribution >= 4 is 23.6 Å². The maximum absolute atomic E-state index is 12.9. The number of hydrogen-bond donors (Lipinski definition) is 2. The van der Waals surface area contributed by atoms with Crippen LogP contribution in [-0.4, -0.2) is 23.7 Å². The molecule has 0 aliphatic carbocycles. The molecular formula is C13H15ClFNO2. The lowest BCUT2D eigenvalue weighted by Crippen LogP contribution is -2.35. The molecule has 1 atom stereocenters. The van der Waals surface area contributed by atoms with Gasteiger partial charge < -0.3 is 10.4 Å². The Bertz CT molecular complexity index is 445. The maximum atomic E-state index is 12.9. The van der Waals surface area contributed by atoms with Crippen LogP contribution >= 0.6 is 11.6 Å². The van der Waals surface area contributed by atoms with Gasteiger partial charge in [0.2, 0.25) is 5.91 Å². The molecule has 0 aromatic heterocycles. The molecule has 0 saturated heterocycles. The van der Waals surface area contributed by atoms with E-state index >= 15 is 0 Å². The molecule has 1 aromatic carbocycles. The van der Waals surface area contributed by atoms with Gasteiger partial charge in [-0.25, -0.2) is 4.39 Å². The number of rotatable bonds is 5. The fourth-order valence-electron chi connectivity index (χ4n) is 1.31. The minimum absolute atomic E-state index is 0.0133. The van der Waals surface area contributed by atoms with Gasteiger partial charge in [-0.2, -0.15) is 0 Å². The van der Waals surface area contributed by atoms with Gasteiger partial charge in [0.25, 0.3) is 0 Å². The van der Waals surface area contributed by atoms with Gasteiger partial charge in [0.1, 0.15) is 5.82 Å². The Morgan fingerprint density at radius 2 is 2.33 bits per heavy atom. The van der Waals surface area contributed by atoms with Gasteiger partial charge in [0, 0.05) is 6.08 Å². The third-order valence-corrected chi connectivity index (χ3v) is 2.72. The van der Waals surface area contributed by atoms with E-state index in [1.54, 1.807) is 0 Å². The molecule has 0 radical (unpaired) electrons. The molecule has 0 spiro atoms. The lowest BCUT2D eigenvalue weighted by molar-refractivity contribution is -0.117. The molecule has 2 N–H and O–H groups in total. The second kappa shape index (κ2) is 7.13. The Labute approximate surface area is 110 Å². The predicted octanol–water partition coefficient (Wildman–Crippen LogP) is 2.38. The molecule has 0 bridgehead atoms. The maximum Gasteiger partial charge on any atom is 0.244 e. The van der Waals surface area contributed by atoms with Gasteiger partial charge >= 0.3 is 0 Å². The summed E-state index contributed by atoms with van der Waals surface area (Å²) >= 11 is 5.62. The van der Waals surface area contributed by atoms with Crippen LogP contribution in [-0.2, 0) is 4.79 Å². The lowest BCUT2D eigenvalue weighted by atomic mass is 10.2. The molecule has 0 heterocycles. The number of halogens is 2. The number of amides is 1. The first kappa shape index (κ1) is 14.7. The van der Waals surface area contributed by atoms with Crippen molar-refractivity contribution in [2.45, 2.75) is 19.4 Å². The molecule has 1 rings (SSSR count). The first-order valence-electron chi connectivity index (χ1n) is 5.61. The topological polar surface area (TPSA) is 49.3 Å². The molecule has 1 aromatic rings. The van der Waals surface area contributed by atoms with Crippen LogP contribution in [0.25, 0.3) is 6.08 Å². The Balaban J connectivity index is 2.63. The minimum atomic E-state index is -0.496. The highest BCUT2D eigenvalue weighted by Gasteiger charge is 2.06. The highest BCUT2D eigenvalue weighted by Crippen LogP contribution is 2.16. The molecule has 0 fully saturated rings. The Kier molecular flexibility index (Phi) is 5.82. The minimum Gasteiger partial charge on any atom is -0.394 e. The first-order chi connectivity index (χ1) is 8.56. The van der Waals surface area contributed by atoms with E-state index in [1.165, 1.54) is 30.4 Å². The molecule has 5 heteroatoms. The van der Waals surface area contributed by atoms with Crippen LogP contribution in [0.15, 0.2) is 24.3 Å². The van der Waals surface area contributed by atoms with Crippen molar-refractivity contribution in [2.75, 3.05) is 6.61 Å². The molecule has 1 unspecified atom stereocenters. The zero-order chi connectivity index (χ0) is 13.5. The van der Waals surface area contributed by atoms with Crippen LogP contribution in [0.5, 0.6) is 0 Å². The van der Waals surface area contributed by atoms with Crippen LogP contribution in [0.2, 0.25) is 5.02 Å². The van der Waals surface area contributed by atoms with Crippen LogP contribution < -0.4 is 5.32 Å². The van der Waals surface area contributed by atoms with E-state index in [4.69, 9.17) is 16.7 Å². The van der Waals surface area contributed by atoms with Crippen LogP contribution in [0.4, 0.5) is 4.39 Å². The van der Waals surface area contributed by atoms with E-state index in [1.807, 2.05) is 6.92 Å². The largest absolute Gasteiger partial charge is 0.394 e. The number of carbonyl (C=O) groups excluding carboxylic acids is 1. The molecule has 1 amide bonds. The average molecular weight is 272 g/mol. The fraction of sp³-hybridized carbons (Fsp3) is 0.308. The van der Waals surface area contributed by atoms with Crippen molar-refractivity contribution in [3.8, 4) is 0 Å². The van der Waals surface area contributed by atoms with E-state index in [-0.39, 0.29) is 23.6 Å². The molecule has 0 saturated carbocycles. The highest BCUT2D eigenvalue weighted by molar-refractivity contribution is 6.30. The Morgan fingerprint density at radius 1 is 1.61 bits per heavy atom. The molecule has 18 heavy (non-hydrogen) atoms. The van der Waals surface area contributed by atoms with Gasteiger partial charge in [-0.3, -0.25) is 4.79 Å². The summed E-state index contributed by atoms with van der Waals surface area (Å²) in [6.07, 6.45) is 3.51. The van der Waals surface area contributed by atoms with Crippen LogP contribution in [0, 0.1) is 5.82 Å². The van der Waals surface area contributed by atoms with Gasteiger partial charge in [0.05, 0.1) is 17.7 Å². The number of aliphatic hydroxyl groups is 1. The van der Waals surface area contributed by atoms with Gasteiger partial charge in [-0.05, 0) is 30.2 Å². The molecule has 0 aliphatic heterocycles. The van der Waals surface area contributed by atoms with Crippen molar-refractivity contribution in [3.63, 3.8) is 0 Å². The summed E-state index contributed by atoms with van der Waals surface area (Å²) in [4.78, 5) is 11.5. The zero-order valence-electron chi connectivity index (χ0n) is 9.99. The third kappa shape index (κ3) is 4.47. The summed E-state index contributed by atoms with van der Waals surface area (Å²) < 4.78 is 12.9. The summed E-state index contributed by atoms with van der Waals surface area (Å²) in [7, 11) is 0. The molecule has 98 valence electrons. The Morgan fingerprint density at radius 3 is 2.89 bits per heavy atom.